The van der Waals surface area contributed by atoms with Crippen molar-refractivity contribution >= 4 is 40.2 Å². The van der Waals surface area contributed by atoms with Gasteiger partial charge in [0, 0.05) is 18.0 Å². The van der Waals surface area contributed by atoms with Gasteiger partial charge in [0.15, 0.2) is 0 Å². The number of carbonyl (C=O) groups excluding carboxylic acids is 1. The Bertz CT molecular complexity index is 716. The zero-order valence-corrected chi connectivity index (χ0v) is 13.0. The molecule has 1 aliphatic rings. The minimum Gasteiger partial charge on any atom is -0.306 e. The predicted molar refractivity (Wildman–Crippen MR) is 84.6 cm³/mol. The van der Waals surface area contributed by atoms with Gasteiger partial charge in [0.2, 0.25) is 0 Å². The molecular weight excluding hydrogens is 326 g/mol. The molecule has 1 aromatic carbocycles. The SMILES string of the molecule is O=C(c1cscn1)N(CC1CC1)c1ccc(Cl)c([N+](=O)[O-])c1. The van der Waals surface area contributed by atoms with Crippen LogP contribution in [0, 0.1) is 16.0 Å². The van der Waals surface area contributed by atoms with Crippen LogP contribution in [0.15, 0.2) is 29.1 Å². The van der Waals surface area contributed by atoms with Crippen molar-refractivity contribution in [3.63, 3.8) is 0 Å². The number of nitro benzene ring substituents is 1. The molecule has 0 bridgehead atoms. The number of hydrogen-bond donors (Lipinski definition) is 0. The second-order valence-electron chi connectivity index (χ2n) is 5.13. The van der Waals surface area contributed by atoms with Crippen molar-refractivity contribution in [1.82, 2.24) is 4.98 Å². The first kappa shape index (κ1) is 14.9. The van der Waals surface area contributed by atoms with Crippen molar-refractivity contribution in [2.24, 2.45) is 5.92 Å². The first-order valence-corrected chi connectivity index (χ1v) is 8.02. The average Bonchev–Trinajstić information content (AvgIpc) is 3.14. The van der Waals surface area contributed by atoms with Crippen LogP contribution in [0.3, 0.4) is 0 Å². The van der Waals surface area contributed by atoms with Crippen LogP contribution < -0.4 is 4.90 Å². The van der Waals surface area contributed by atoms with E-state index in [2.05, 4.69) is 4.98 Å². The smallest absolute Gasteiger partial charge is 0.289 e. The fourth-order valence-corrected chi connectivity index (χ4v) is 2.84. The molecule has 2 aromatic rings. The van der Waals surface area contributed by atoms with E-state index in [1.807, 2.05) is 0 Å². The maximum absolute atomic E-state index is 12.6. The van der Waals surface area contributed by atoms with Gasteiger partial charge >= 0.3 is 0 Å². The summed E-state index contributed by atoms with van der Waals surface area (Å²) in [7, 11) is 0. The van der Waals surface area contributed by atoms with Gasteiger partial charge in [-0.2, -0.15) is 0 Å². The Balaban J connectivity index is 1.96. The summed E-state index contributed by atoms with van der Waals surface area (Å²) >= 11 is 7.17. The van der Waals surface area contributed by atoms with Gasteiger partial charge in [-0.3, -0.25) is 14.9 Å². The third kappa shape index (κ3) is 3.10. The van der Waals surface area contributed by atoms with E-state index in [4.69, 9.17) is 11.6 Å². The standard InChI is InChI=1S/C14H12ClN3O3S/c15-11-4-3-10(5-13(11)18(20)21)17(6-9-1-2-9)14(19)12-7-22-8-16-12/h3-5,7-9H,1-2,6H2. The lowest BCUT2D eigenvalue weighted by molar-refractivity contribution is -0.384. The number of amides is 1. The summed E-state index contributed by atoms with van der Waals surface area (Å²) in [5.41, 5.74) is 2.21. The number of nitrogens with zero attached hydrogens (tertiary/aromatic N) is 3. The van der Waals surface area contributed by atoms with E-state index in [9.17, 15) is 14.9 Å². The first-order valence-electron chi connectivity index (χ1n) is 6.70. The van der Waals surface area contributed by atoms with Crippen molar-refractivity contribution in [3.05, 3.63) is 49.9 Å². The second kappa shape index (κ2) is 6.02. The highest BCUT2D eigenvalue weighted by Crippen LogP contribution is 2.34. The van der Waals surface area contributed by atoms with Crippen LogP contribution in [-0.2, 0) is 0 Å². The summed E-state index contributed by atoms with van der Waals surface area (Å²) in [6, 6.07) is 4.42. The van der Waals surface area contributed by atoms with Crippen molar-refractivity contribution < 1.29 is 9.72 Å². The van der Waals surface area contributed by atoms with Gasteiger partial charge in [0.05, 0.1) is 16.1 Å². The fraction of sp³-hybridized carbons (Fsp3) is 0.286. The molecule has 0 radical (unpaired) electrons. The van der Waals surface area contributed by atoms with Crippen molar-refractivity contribution in [2.45, 2.75) is 12.8 Å². The van der Waals surface area contributed by atoms with E-state index in [0.29, 0.717) is 23.8 Å². The van der Waals surface area contributed by atoms with Crippen LogP contribution in [0.4, 0.5) is 11.4 Å². The third-order valence-corrected chi connectivity index (χ3v) is 4.38. The molecular formula is C14H12ClN3O3S. The Morgan fingerprint density at radius 1 is 1.50 bits per heavy atom. The summed E-state index contributed by atoms with van der Waals surface area (Å²) in [4.78, 5) is 28.7. The second-order valence-corrected chi connectivity index (χ2v) is 6.25. The molecule has 0 saturated heterocycles. The van der Waals surface area contributed by atoms with E-state index in [0.717, 1.165) is 12.8 Å². The number of thiazole rings is 1. The number of aromatic nitrogens is 1. The summed E-state index contributed by atoms with van der Waals surface area (Å²) in [5, 5.41) is 12.8. The molecule has 22 heavy (non-hydrogen) atoms. The Morgan fingerprint density at radius 2 is 2.27 bits per heavy atom. The number of nitro groups is 1. The van der Waals surface area contributed by atoms with Crippen LogP contribution in [0.25, 0.3) is 0 Å². The molecule has 0 aliphatic heterocycles. The van der Waals surface area contributed by atoms with Gasteiger partial charge < -0.3 is 4.90 Å². The van der Waals surface area contributed by atoms with Gasteiger partial charge in [-0.15, -0.1) is 11.3 Å². The number of benzene rings is 1. The maximum Gasteiger partial charge on any atom is 0.289 e. The summed E-state index contributed by atoms with van der Waals surface area (Å²) < 4.78 is 0. The predicted octanol–water partition coefficient (Wildman–Crippen LogP) is 3.76. The Kier molecular flexibility index (Phi) is 4.08. The topological polar surface area (TPSA) is 76.3 Å². The molecule has 1 aliphatic carbocycles. The van der Waals surface area contributed by atoms with Crippen LogP contribution in [0.1, 0.15) is 23.3 Å². The van der Waals surface area contributed by atoms with E-state index in [1.165, 1.54) is 23.5 Å². The van der Waals surface area contributed by atoms with Gasteiger partial charge in [-0.05, 0) is 30.9 Å². The highest BCUT2D eigenvalue weighted by Gasteiger charge is 2.30. The Labute approximate surface area is 135 Å². The number of rotatable bonds is 5. The normalized spacial score (nSPS) is 13.9. The highest BCUT2D eigenvalue weighted by molar-refractivity contribution is 7.07. The minimum atomic E-state index is -0.547. The lowest BCUT2D eigenvalue weighted by Gasteiger charge is -2.22. The fourth-order valence-electron chi connectivity index (χ4n) is 2.13. The van der Waals surface area contributed by atoms with E-state index in [-0.39, 0.29) is 16.6 Å². The number of anilines is 1. The zero-order valence-electron chi connectivity index (χ0n) is 11.4. The lowest BCUT2D eigenvalue weighted by atomic mass is 10.2. The molecule has 1 aromatic heterocycles. The third-order valence-electron chi connectivity index (χ3n) is 3.47. The largest absolute Gasteiger partial charge is 0.306 e. The average molecular weight is 338 g/mol. The molecule has 0 unspecified atom stereocenters. The summed E-state index contributed by atoms with van der Waals surface area (Å²) in [5.74, 6) is 0.196. The van der Waals surface area contributed by atoms with Crippen molar-refractivity contribution in [2.75, 3.05) is 11.4 Å². The highest BCUT2D eigenvalue weighted by atomic mass is 35.5. The molecule has 1 amide bonds. The molecule has 1 fully saturated rings. The lowest BCUT2D eigenvalue weighted by Crippen LogP contribution is -2.33. The Hall–Kier alpha value is -1.99. The van der Waals surface area contributed by atoms with Crippen LogP contribution in [-0.4, -0.2) is 22.4 Å². The number of carbonyl (C=O) groups is 1. The summed E-state index contributed by atoms with van der Waals surface area (Å²) in [6.45, 7) is 0.537. The van der Waals surface area contributed by atoms with Crippen molar-refractivity contribution in [3.8, 4) is 0 Å². The Morgan fingerprint density at radius 3 is 2.86 bits per heavy atom. The molecule has 114 valence electrons. The monoisotopic (exact) mass is 337 g/mol. The maximum atomic E-state index is 12.6. The van der Waals surface area contributed by atoms with Gasteiger partial charge in [-0.1, -0.05) is 11.6 Å². The zero-order chi connectivity index (χ0) is 15.7. The van der Waals surface area contributed by atoms with Crippen LogP contribution in [0.2, 0.25) is 5.02 Å². The number of hydrogen-bond acceptors (Lipinski definition) is 5. The molecule has 0 atom stereocenters. The van der Waals surface area contributed by atoms with E-state index in [1.54, 1.807) is 21.9 Å². The molecule has 3 rings (SSSR count). The van der Waals surface area contributed by atoms with Gasteiger partial charge in [0.1, 0.15) is 10.7 Å². The molecule has 0 spiro atoms. The molecule has 0 N–H and O–H groups in total. The minimum absolute atomic E-state index is 0.0567. The van der Waals surface area contributed by atoms with Gasteiger partial charge in [-0.25, -0.2) is 4.98 Å². The summed E-state index contributed by atoms with van der Waals surface area (Å²) in [6.07, 6.45) is 2.13. The van der Waals surface area contributed by atoms with Crippen LogP contribution >= 0.6 is 22.9 Å². The van der Waals surface area contributed by atoms with Gasteiger partial charge in [0.25, 0.3) is 11.6 Å². The molecule has 1 saturated carbocycles. The quantitative estimate of drug-likeness (QED) is 0.614. The van der Waals surface area contributed by atoms with E-state index < -0.39 is 4.92 Å². The molecule has 1 heterocycles. The molecule has 6 nitrogen and oxygen atoms in total. The van der Waals surface area contributed by atoms with Crippen LogP contribution in [0.5, 0.6) is 0 Å². The number of halogens is 1. The molecule has 8 heteroatoms. The van der Waals surface area contributed by atoms with E-state index >= 15 is 0 Å². The first-order chi connectivity index (χ1) is 10.6. The van der Waals surface area contributed by atoms with Crippen molar-refractivity contribution in [1.29, 1.82) is 0 Å².